The first-order valence-electron chi connectivity index (χ1n) is 8.09. The number of nitrogens with zero attached hydrogens (tertiary/aromatic N) is 1. The first-order chi connectivity index (χ1) is 11.7. The topological polar surface area (TPSA) is 49.4 Å². The minimum atomic E-state index is -0.362. The molecule has 0 spiro atoms. The fourth-order valence-corrected chi connectivity index (χ4v) is 5.31. The SMILES string of the molecule is CCS[C@H]1CCN2C(=O)c3cc(-c4ccsc4)ccc3NC(=O)[C@H]12. The molecule has 1 fully saturated rings. The summed E-state index contributed by atoms with van der Waals surface area (Å²) in [5, 5.41) is 7.24. The normalized spacial score (nSPS) is 22.8. The summed E-state index contributed by atoms with van der Waals surface area (Å²) in [6, 6.07) is 7.40. The van der Waals surface area contributed by atoms with Crippen molar-refractivity contribution in [1.29, 1.82) is 0 Å². The number of rotatable bonds is 3. The minimum absolute atomic E-state index is 0.0374. The number of fused-ring (bicyclic) bond motifs is 2. The maximum atomic E-state index is 13.1. The largest absolute Gasteiger partial charge is 0.325 e. The highest BCUT2D eigenvalue weighted by Gasteiger charge is 2.44. The number of carbonyl (C=O) groups excluding carboxylic acids is 2. The van der Waals surface area contributed by atoms with E-state index in [0.717, 1.165) is 23.3 Å². The molecule has 0 bridgehead atoms. The van der Waals surface area contributed by atoms with Crippen molar-refractivity contribution < 1.29 is 9.59 Å². The maximum Gasteiger partial charge on any atom is 0.256 e. The Bertz CT molecular complexity index is 788. The van der Waals surface area contributed by atoms with Gasteiger partial charge in [0.1, 0.15) is 6.04 Å². The molecule has 124 valence electrons. The van der Waals surface area contributed by atoms with Crippen LogP contribution in [-0.2, 0) is 4.79 Å². The first-order valence-corrected chi connectivity index (χ1v) is 10.1. The van der Waals surface area contributed by atoms with Crippen LogP contribution in [0.5, 0.6) is 0 Å². The van der Waals surface area contributed by atoms with E-state index in [1.54, 1.807) is 28.0 Å². The molecule has 2 aromatic rings. The van der Waals surface area contributed by atoms with Crippen LogP contribution in [0.4, 0.5) is 5.69 Å². The van der Waals surface area contributed by atoms with Gasteiger partial charge in [0.25, 0.3) is 5.91 Å². The van der Waals surface area contributed by atoms with E-state index < -0.39 is 0 Å². The molecule has 4 nitrogen and oxygen atoms in total. The molecule has 24 heavy (non-hydrogen) atoms. The Kier molecular flexibility index (Phi) is 4.10. The summed E-state index contributed by atoms with van der Waals surface area (Å²) in [6.07, 6.45) is 0.877. The molecule has 6 heteroatoms. The van der Waals surface area contributed by atoms with E-state index in [1.165, 1.54) is 0 Å². The number of nitrogens with one attached hydrogen (secondary N) is 1. The summed E-state index contributed by atoms with van der Waals surface area (Å²) in [7, 11) is 0. The number of hydrogen-bond donors (Lipinski definition) is 1. The molecule has 0 saturated carbocycles. The number of thiophene rings is 1. The van der Waals surface area contributed by atoms with Gasteiger partial charge < -0.3 is 10.2 Å². The smallest absolute Gasteiger partial charge is 0.256 e. The third-order valence-electron chi connectivity index (χ3n) is 4.62. The second kappa shape index (κ2) is 6.26. The molecule has 1 saturated heterocycles. The second-order valence-electron chi connectivity index (χ2n) is 5.99. The molecule has 0 radical (unpaired) electrons. The van der Waals surface area contributed by atoms with Crippen molar-refractivity contribution >= 4 is 40.6 Å². The van der Waals surface area contributed by atoms with Crippen LogP contribution in [-0.4, -0.2) is 40.3 Å². The molecule has 1 N–H and O–H groups in total. The van der Waals surface area contributed by atoms with Gasteiger partial charge in [-0.15, -0.1) is 0 Å². The molecular formula is C18H18N2O2S2. The Morgan fingerprint density at radius 1 is 1.29 bits per heavy atom. The molecule has 4 rings (SSSR count). The average molecular weight is 358 g/mol. The van der Waals surface area contributed by atoms with E-state index in [1.807, 2.05) is 29.6 Å². The molecule has 2 atom stereocenters. The second-order valence-corrected chi connectivity index (χ2v) is 8.28. The standard InChI is InChI=1S/C18H18N2O2S2/c1-2-24-15-5-7-20-16(15)17(21)19-14-4-3-11(9-13(14)18(20)22)12-6-8-23-10-12/h3-4,6,8-10,15-16H,2,5,7H2,1H3,(H,19,21)/t15-,16-/m0/s1. The fourth-order valence-electron chi connectivity index (χ4n) is 3.49. The van der Waals surface area contributed by atoms with Crippen LogP contribution in [0.25, 0.3) is 11.1 Å². The van der Waals surface area contributed by atoms with Gasteiger partial charge in [-0.1, -0.05) is 13.0 Å². The summed E-state index contributed by atoms with van der Waals surface area (Å²) >= 11 is 3.40. The fraction of sp³-hybridized carbons (Fsp3) is 0.333. The molecule has 3 heterocycles. The van der Waals surface area contributed by atoms with Crippen LogP contribution in [0, 0.1) is 0 Å². The summed E-state index contributed by atoms with van der Waals surface area (Å²) in [5.74, 6) is 0.851. The average Bonchev–Trinajstić information content (AvgIpc) is 3.22. The van der Waals surface area contributed by atoms with E-state index in [4.69, 9.17) is 0 Å². The van der Waals surface area contributed by atoms with Crippen molar-refractivity contribution in [2.75, 3.05) is 17.6 Å². The molecule has 0 aliphatic carbocycles. The molecule has 2 aliphatic heterocycles. The van der Waals surface area contributed by atoms with E-state index in [2.05, 4.69) is 17.6 Å². The van der Waals surface area contributed by atoms with Crippen molar-refractivity contribution in [3.05, 3.63) is 40.6 Å². The maximum absolute atomic E-state index is 13.1. The summed E-state index contributed by atoms with van der Waals surface area (Å²) in [5.41, 5.74) is 3.33. The molecule has 1 aromatic heterocycles. The van der Waals surface area contributed by atoms with Crippen LogP contribution >= 0.6 is 23.1 Å². The van der Waals surface area contributed by atoms with Crippen molar-refractivity contribution in [3.63, 3.8) is 0 Å². The number of amides is 2. The molecule has 2 aliphatic rings. The van der Waals surface area contributed by atoms with E-state index in [0.29, 0.717) is 17.8 Å². The highest BCUT2D eigenvalue weighted by atomic mass is 32.2. The summed E-state index contributed by atoms with van der Waals surface area (Å²) in [6.45, 7) is 2.74. The Labute approximate surface area is 149 Å². The lowest BCUT2D eigenvalue weighted by Crippen LogP contribution is -2.44. The van der Waals surface area contributed by atoms with Gasteiger partial charge in [0.05, 0.1) is 11.3 Å². The number of benzene rings is 1. The van der Waals surface area contributed by atoms with Crippen LogP contribution in [0.2, 0.25) is 0 Å². The van der Waals surface area contributed by atoms with E-state index in [-0.39, 0.29) is 23.1 Å². The number of hydrogen-bond acceptors (Lipinski definition) is 4. The number of carbonyl (C=O) groups is 2. The molecule has 2 amide bonds. The van der Waals surface area contributed by atoms with Gasteiger partial charge in [-0.05, 0) is 52.3 Å². The molecular weight excluding hydrogens is 340 g/mol. The third kappa shape index (κ3) is 2.54. The lowest BCUT2D eigenvalue weighted by Gasteiger charge is -2.23. The van der Waals surface area contributed by atoms with Gasteiger partial charge in [-0.3, -0.25) is 9.59 Å². The predicted octanol–water partition coefficient (Wildman–Crippen LogP) is 3.70. The van der Waals surface area contributed by atoms with Gasteiger partial charge in [-0.25, -0.2) is 0 Å². The third-order valence-corrected chi connectivity index (χ3v) is 6.55. The lowest BCUT2D eigenvalue weighted by atomic mass is 10.0. The highest BCUT2D eigenvalue weighted by Crippen LogP contribution is 2.36. The Morgan fingerprint density at radius 3 is 2.92 bits per heavy atom. The van der Waals surface area contributed by atoms with Crippen LogP contribution in [0.3, 0.4) is 0 Å². The zero-order chi connectivity index (χ0) is 16.7. The van der Waals surface area contributed by atoms with Gasteiger partial charge >= 0.3 is 0 Å². The zero-order valence-electron chi connectivity index (χ0n) is 13.3. The van der Waals surface area contributed by atoms with Gasteiger partial charge in [0.15, 0.2) is 0 Å². The molecule has 1 aromatic carbocycles. The number of thioether (sulfide) groups is 1. The van der Waals surface area contributed by atoms with Crippen LogP contribution in [0.15, 0.2) is 35.0 Å². The van der Waals surface area contributed by atoms with Crippen molar-refractivity contribution in [2.24, 2.45) is 0 Å². The van der Waals surface area contributed by atoms with Crippen LogP contribution in [0.1, 0.15) is 23.7 Å². The Balaban J connectivity index is 1.74. The lowest BCUT2D eigenvalue weighted by molar-refractivity contribution is -0.119. The van der Waals surface area contributed by atoms with E-state index in [9.17, 15) is 9.59 Å². The Morgan fingerprint density at radius 2 is 2.17 bits per heavy atom. The minimum Gasteiger partial charge on any atom is -0.325 e. The van der Waals surface area contributed by atoms with Gasteiger partial charge in [0.2, 0.25) is 5.91 Å². The summed E-state index contributed by atoms with van der Waals surface area (Å²) in [4.78, 5) is 27.5. The van der Waals surface area contributed by atoms with Crippen molar-refractivity contribution in [1.82, 2.24) is 4.90 Å². The monoisotopic (exact) mass is 358 g/mol. The van der Waals surface area contributed by atoms with Crippen LogP contribution < -0.4 is 5.32 Å². The summed E-state index contributed by atoms with van der Waals surface area (Å²) < 4.78 is 0. The van der Waals surface area contributed by atoms with E-state index >= 15 is 0 Å². The van der Waals surface area contributed by atoms with Gasteiger partial charge in [-0.2, -0.15) is 23.1 Å². The van der Waals surface area contributed by atoms with Crippen molar-refractivity contribution in [3.8, 4) is 11.1 Å². The quantitative estimate of drug-likeness (QED) is 0.910. The highest BCUT2D eigenvalue weighted by molar-refractivity contribution is 7.99. The van der Waals surface area contributed by atoms with Gasteiger partial charge in [0, 0.05) is 11.8 Å². The number of anilines is 1. The Hall–Kier alpha value is -1.79. The predicted molar refractivity (Wildman–Crippen MR) is 99.7 cm³/mol. The molecule has 0 unspecified atom stereocenters. The van der Waals surface area contributed by atoms with Crippen molar-refractivity contribution in [2.45, 2.75) is 24.6 Å². The first kappa shape index (κ1) is 15.7. The zero-order valence-corrected chi connectivity index (χ0v) is 15.0.